The summed E-state index contributed by atoms with van der Waals surface area (Å²) in [6, 6.07) is 8.82. The van der Waals surface area contributed by atoms with Gasteiger partial charge in [0.05, 0.1) is 0 Å². The van der Waals surface area contributed by atoms with Crippen LogP contribution in [0.15, 0.2) is 24.3 Å². The number of fused-ring (bicyclic) bond motifs is 1. The molecule has 0 radical (unpaired) electrons. The van der Waals surface area contributed by atoms with Crippen molar-refractivity contribution in [2.24, 2.45) is 11.8 Å². The van der Waals surface area contributed by atoms with Gasteiger partial charge in [-0.15, -0.1) is 0 Å². The van der Waals surface area contributed by atoms with Gasteiger partial charge in [0.15, 0.2) is 0 Å². The Morgan fingerprint density at radius 1 is 1.25 bits per heavy atom. The first-order valence-electron chi connectivity index (χ1n) is 6.47. The van der Waals surface area contributed by atoms with Gasteiger partial charge in [0.2, 0.25) is 0 Å². The van der Waals surface area contributed by atoms with E-state index in [1.807, 2.05) is 0 Å². The minimum atomic E-state index is 0.760. The average molecular weight is 217 g/mol. The van der Waals surface area contributed by atoms with Gasteiger partial charge in [-0.3, -0.25) is 0 Å². The van der Waals surface area contributed by atoms with Crippen molar-refractivity contribution in [1.29, 1.82) is 0 Å². The SMILES string of the molecule is CC(C)C(C)CNCC1Cc2ccccc21. The Kier molecular flexibility index (Phi) is 3.65. The summed E-state index contributed by atoms with van der Waals surface area (Å²) in [7, 11) is 0. The van der Waals surface area contributed by atoms with Gasteiger partial charge in [-0.2, -0.15) is 0 Å². The van der Waals surface area contributed by atoms with Crippen LogP contribution in [0.1, 0.15) is 37.8 Å². The molecule has 0 bridgehead atoms. The quantitative estimate of drug-likeness (QED) is 0.798. The van der Waals surface area contributed by atoms with Crippen LogP contribution in [-0.4, -0.2) is 13.1 Å². The molecule has 0 amide bonds. The molecule has 0 spiro atoms. The van der Waals surface area contributed by atoms with Crippen LogP contribution < -0.4 is 5.32 Å². The highest BCUT2D eigenvalue weighted by atomic mass is 14.9. The molecule has 1 aliphatic rings. The number of hydrogen-bond acceptors (Lipinski definition) is 1. The summed E-state index contributed by atoms with van der Waals surface area (Å²) in [5.74, 6) is 2.31. The summed E-state index contributed by atoms with van der Waals surface area (Å²) in [4.78, 5) is 0. The lowest BCUT2D eigenvalue weighted by Crippen LogP contribution is -2.32. The van der Waals surface area contributed by atoms with Crippen molar-refractivity contribution >= 4 is 0 Å². The Hall–Kier alpha value is -0.820. The van der Waals surface area contributed by atoms with E-state index in [4.69, 9.17) is 0 Å². The largest absolute Gasteiger partial charge is 0.316 e. The Labute approximate surface area is 99.3 Å². The summed E-state index contributed by atoms with van der Waals surface area (Å²) >= 11 is 0. The van der Waals surface area contributed by atoms with E-state index in [0.29, 0.717) is 0 Å². The fraction of sp³-hybridized carbons (Fsp3) is 0.600. The van der Waals surface area contributed by atoms with E-state index in [-0.39, 0.29) is 0 Å². The molecule has 1 aromatic rings. The van der Waals surface area contributed by atoms with E-state index in [9.17, 15) is 0 Å². The zero-order valence-electron chi connectivity index (χ0n) is 10.7. The van der Waals surface area contributed by atoms with Crippen LogP contribution in [0.25, 0.3) is 0 Å². The molecule has 0 fully saturated rings. The summed E-state index contributed by atoms with van der Waals surface area (Å²) in [5, 5.41) is 3.61. The maximum atomic E-state index is 3.61. The molecule has 2 rings (SSSR count). The van der Waals surface area contributed by atoms with Crippen molar-refractivity contribution in [3.8, 4) is 0 Å². The number of benzene rings is 1. The lowest BCUT2D eigenvalue weighted by atomic mass is 9.77. The second-order valence-corrected chi connectivity index (χ2v) is 5.48. The van der Waals surface area contributed by atoms with E-state index in [0.717, 1.165) is 30.8 Å². The highest BCUT2D eigenvalue weighted by Gasteiger charge is 2.24. The molecule has 16 heavy (non-hydrogen) atoms. The molecule has 0 saturated heterocycles. The zero-order valence-corrected chi connectivity index (χ0v) is 10.7. The molecule has 0 aliphatic heterocycles. The van der Waals surface area contributed by atoms with Gasteiger partial charge in [-0.1, -0.05) is 45.0 Å². The van der Waals surface area contributed by atoms with Crippen LogP contribution >= 0.6 is 0 Å². The van der Waals surface area contributed by atoms with Gasteiger partial charge < -0.3 is 5.32 Å². The van der Waals surface area contributed by atoms with E-state index in [2.05, 4.69) is 50.4 Å². The topological polar surface area (TPSA) is 12.0 Å². The molecule has 1 aromatic carbocycles. The molecule has 1 nitrogen and oxygen atoms in total. The molecular weight excluding hydrogens is 194 g/mol. The predicted octanol–water partition coefficient (Wildman–Crippen LogP) is 3.21. The van der Waals surface area contributed by atoms with Crippen LogP contribution in [0.4, 0.5) is 0 Å². The Morgan fingerprint density at radius 3 is 2.69 bits per heavy atom. The lowest BCUT2D eigenvalue weighted by Gasteiger charge is -2.31. The van der Waals surface area contributed by atoms with Crippen LogP contribution in [0, 0.1) is 11.8 Å². The molecule has 0 saturated carbocycles. The molecule has 1 heteroatoms. The smallest absolute Gasteiger partial charge is 0.00235 e. The number of nitrogens with one attached hydrogen (secondary N) is 1. The van der Waals surface area contributed by atoms with Gasteiger partial charge in [-0.25, -0.2) is 0 Å². The summed E-state index contributed by atoms with van der Waals surface area (Å²) < 4.78 is 0. The predicted molar refractivity (Wildman–Crippen MR) is 69.8 cm³/mol. The standard InChI is InChI=1S/C15H23N/c1-11(2)12(3)9-16-10-14-8-13-6-4-5-7-15(13)14/h4-7,11-12,14,16H,8-10H2,1-3H3. The van der Waals surface area contributed by atoms with Gasteiger partial charge in [0.1, 0.15) is 0 Å². The average Bonchev–Trinajstić information content (AvgIpc) is 2.24. The first-order chi connectivity index (χ1) is 7.68. The number of rotatable bonds is 5. The van der Waals surface area contributed by atoms with Crippen molar-refractivity contribution in [1.82, 2.24) is 5.32 Å². The molecule has 2 atom stereocenters. The fourth-order valence-corrected chi connectivity index (χ4v) is 2.27. The van der Waals surface area contributed by atoms with Crippen molar-refractivity contribution in [2.75, 3.05) is 13.1 Å². The van der Waals surface area contributed by atoms with Gasteiger partial charge in [0, 0.05) is 12.5 Å². The monoisotopic (exact) mass is 217 g/mol. The van der Waals surface area contributed by atoms with E-state index >= 15 is 0 Å². The zero-order chi connectivity index (χ0) is 11.5. The van der Waals surface area contributed by atoms with Gasteiger partial charge in [0.25, 0.3) is 0 Å². The third-order valence-corrected chi connectivity index (χ3v) is 3.96. The molecular formula is C15H23N. The van der Waals surface area contributed by atoms with Crippen LogP contribution in [-0.2, 0) is 6.42 Å². The van der Waals surface area contributed by atoms with E-state index in [1.54, 1.807) is 11.1 Å². The fourth-order valence-electron chi connectivity index (χ4n) is 2.27. The van der Waals surface area contributed by atoms with Crippen molar-refractivity contribution < 1.29 is 0 Å². The van der Waals surface area contributed by atoms with Gasteiger partial charge >= 0.3 is 0 Å². The summed E-state index contributed by atoms with van der Waals surface area (Å²) in [6.45, 7) is 9.22. The summed E-state index contributed by atoms with van der Waals surface area (Å²) in [5.41, 5.74) is 3.11. The normalized spacial score (nSPS) is 20.4. The molecule has 2 unspecified atom stereocenters. The Morgan fingerprint density at radius 2 is 2.00 bits per heavy atom. The van der Waals surface area contributed by atoms with E-state index < -0.39 is 0 Å². The van der Waals surface area contributed by atoms with Crippen molar-refractivity contribution in [3.63, 3.8) is 0 Å². The Balaban J connectivity index is 1.74. The van der Waals surface area contributed by atoms with Crippen LogP contribution in [0.2, 0.25) is 0 Å². The van der Waals surface area contributed by atoms with Crippen LogP contribution in [0.5, 0.6) is 0 Å². The van der Waals surface area contributed by atoms with Gasteiger partial charge in [-0.05, 0) is 35.9 Å². The minimum Gasteiger partial charge on any atom is -0.316 e. The van der Waals surface area contributed by atoms with Crippen molar-refractivity contribution in [3.05, 3.63) is 35.4 Å². The minimum absolute atomic E-state index is 0.760. The number of hydrogen-bond donors (Lipinski definition) is 1. The van der Waals surface area contributed by atoms with Crippen LogP contribution in [0.3, 0.4) is 0 Å². The molecule has 1 aliphatic carbocycles. The third-order valence-electron chi connectivity index (χ3n) is 3.96. The third kappa shape index (κ3) is 2.46. The maximum Gasteiger partial charge on any atom is 0.00235 e. The molecule has 88 valence electrons. The lowest BCUT2D eigenvalue weighted by molar-refractivity contribution is 0.382. The van der Waals surface area contributed by atoms with E-state index in [1.165, 1.54) is 6.42 Å². The molecule has 0 heterocycles. The highest BCUT2D eigenvalue weighted by molar-refractivity contribution is 5.40. The second kappa shape index (κ2) is 5.01. The first-order valence-corrected chi connectivity index (χ1v) is 6.47. The molecule has 1 N–H and O–H groups in total. The maximum absolute atomic E-state index is 3.61. The Bertz CT molecular complexity index is 343. The summed E-state index contributed by atoms with van der Waals surface area (Å²) in [6.07, 6.45) is 1.26. The second-order valence-electron chi connectivity index (χ2n) is 5.48. The highest BCUT2D eigenvalue weighted by Crippen LogP contribution is 2.33. The first kappa shape index (κ1) is 11.7. The van der Waals surface area contributed by atoms with Crippen molar-refractivity contribution in [2.45, 2.75) is 33.1 Å². The molecule has 0 aromatic heterocycles.